The van der Waals surface area contributed by atoms with Crippen LogP contribution in [0.2, 0.25) is 20.1 Å². The highest BCUT2D eigenvalue weighted by atomic mass is 35.5. The van der Waals surface area contributed by atoms with Gasteiger partial charge in [-0.25, -0.2) is 9.80 Å². The van der Waals surface area contributed by atoms with Crippen molar-refractivity contribution in [1.29, 1.82) is 0 Å². The Kier molecular flexibility index (Phi) is 7.80. The Balaban J connectivity index is 1.44. The normalized spacial score (nSPS) is 27.3. The molecule has 1 saturated carbocycles. The van der Waals surface area contributed by atoms with Gasteiger partial charge in [0.05, 0.1) is 55.1 Å². The zero-order valence-corrected chi connectivity index (χ0v) is 29.1. The van der Waals surface area contributed by atoms with Gasteiger partial charge in [-0.15, -0.1) is 0 Å². The predicted octanol–water partition coefficient (Wildman–Crippen LogP) is 9.25. The van der Waals surface area contributed by atoms with Crippen LogP contribution in [0.1, 0.15) is 30.9 Å². The number of anilines is 2. The number of carbonyl (C=O) groups excluding carboxylic acids is 4. The van der Waals surface area contributed by atoms with Gasteiger partial charge in [0, 0.05) is 11.3 Å². The first-order chi connectivity index (χ1) is 23.6. The van der Waals surface area contributed by atoms with Gasteiger partial charge in [0.2, 0.25) is 23.6 Å². The van der Waals surface area contributed by atoms with E-state index in [9.17, 15) is 9.59 Å². The van der Waals surface area contributed by atoms with E-state index < -0.39 is 58.6 Å². The van der Waals surface area contributed by atoms with Crippen LogP contribution in [0.3, 0.4) is 0 Å². The maximum absolute atomic E-state index is 15.0. The first-order valence-electron chi connectivity index (χ1n) is 16.1. The first kappa shape index (κ1) is 32.3. The highest BCUT2D eigenvalue weighted by Crippen LogP contribution is 2.73. The number of benzene rings is 4. The molecule has 2 heterocycles. The third-order valence-corrected chi connectivity index (χ3v) is 12.3. The van der Waals surface area contributed by atoms with E-state index in [0.717, 1.165) is 22.3 Å². The Morgan fingerprint density at radius 2 is 1.00 bits per heavy atom. The number of carbonyl (C=O) groups is 4. The SMILES string of the molecule is CCCC12C(c3ccccc3)=C(c3ccccc3)C(C3C(=O)N(c4ccc(Cl)c(Cl)c4)C(=O)C31)C1C(=O)N(c3ccc(Cl)c(Cl)c3)C(=O)C12. The van der Waals surface area contributed by atoms with Crippen molar-refractivity contribution < 1.29 is 19.2 Å². The summed E-state index contributed by atoms with van der Waals surface area (Å²) >= 11 is 25.3. The molecule has 4 aromatic rings. The van der Waals surface area contributed by atoms with Crippen molar-refractivity contribution in [3.05, 3.63) is 128 Å². The van der Waals surface area contributed by atoms with E-state index >= 15 is 9.59 Å². The molecule has 2 aliphatic heterocycles. The number of rotatable bonds is 6. The van der Waals surface area contributed by atoms with E-state index in [1.807, 2.05) is 67.6 Å². The van der Waals surface area contributed by atoms with Crippen molar-refractivity contribution in [3.8, 4) is 0 Å². The van der Waals surface area contributed by atoms with Gasteiger partial charge in [-0.3, -0.25) is 19.2 Å². The standard InChI is InChI=1S/C39H28Cl4N2O4/c1-2-17-39-32(21-11-7-4-8-12-21)28(20-9-5-3-6-10-20)29(30-33(39)37(48)44(35(30)46)22-13-15-24(40)26(42)18-22)31-34(39)38(49)45(36(31)47)23-14-16-25(41)27(43)19-23/h3-16,18-19,29-31,33-34H,2,17H2,1H3. The number of amides is 4. The van der Waals surface area contributed by atoms with Crippen LogP contribution in [0.5, 0.6) is 0 Å². The van der Waals surface area contributed by atoms with E-state index in [2.05, 4.69) is 0 Å². The van der Waals surface area contributed by atoms with Crippen LogP contribution in [-0.2, 0) is 19.2 Å². The van der Waals surface area contributed by atoms with Crippen molar-refractivity contribution >= 4 is 92.6 Å². The van der Waals surface area contributed by atoms with Crippen LogP contribution in [0.4, 0.5) is 11.4 Å². The van der Waals surface area contributed by atoms with Crippen LogP contribution < -0.4 is 9.80 Å². The second-order valence-electron chi connectivity index (χ2n) is 13.1. The maximum atomic E-state index is 15.0. The monoisotopic (exact) mass is 728 g/mol. The zero-order valence-electron chi connectivity index (χ0n) is 26.1. The number of imide groups is 2. The molecule has 4 atom stereocenters. The molecule has 2 bridgehead atoms. The van der Waals surface area contributed by atoms with Crippen molar-refractivity contribution in [2.45, 2.75) is 19.8 Å². The quantitative estimate of drug-likeness (QED) is 0.186. The summed E-state index contributed by atoms with van der Waals surface area (Å²) in [7, 11) is 0. The molecule has 5 aliphatic rings. The van der Waals surface area contributed by atoms with Gasteiger partial charge in [-0.2, -0.15) is 0 Å². The van der Waals surface area contributed by atoms with Gasteiger partial charge < -0.3 is 0 Å². The summed E-state index contributed by atoms with van der Waals surface area (Å²) in [6.07, 6.45) is 0.961. The van der Waals surface area contributed by atoms with Crippen molar-refractivity contribution in [3.63, 3.8) is 0 Å². The minimum absolute atomic E-state index is 0.202. The summed E-state index contributed by atoms with van der Waals surface area (Å²) in [5, 5.41) is 0.982. The van der Waals surface area contributed by atoms with E-state index in [0.29, 0.717) is 24.2 Å². The molecule has 4 unspecified atom stereocenters. The predicted molar refractivity (Wildman–Crippen MR) is 192 cm³/mol. The molecule has 246 valence electrons. The lowest BCUT2D eigenvalue weighted by Crippen LogP contribution is -2.60. The second kappa shape index (κ2) is 11.8. The van der Waals surface area contributed by atoms with Crippen molar-refractivity contribution in [2.24, 2.45) is 35.0 Å². The number of halogens is 4. The molecular weight excluding hydrogens is 702 g/mol. The number of allylic oxidation sites excluding steroid dienone is 2. The van der Waals surface area contributed by atoms with Crippen LogP contribution in [0.25, 0.3) is 11.1 Å². The van der Waals surface area contributed by atoms with Crippen molar-refractivity contribution in [2.75, 3.05) is 9.80 Å². The molecule has 3 aliphatic carbocycles. The van der Waals surface area contributed by atoms with E-state index in [1.54, 1.807) is 24.3 Å². The molecule has 6 nitrogen and oxygen atoms in total. The van der Waals surface area contributed by atoms with Gasteiger partial charge in [-0.1, -0.05) is 120 Å². The number of nitrogens with zero attached hydrogens (tertiary/aromatic N) is 2. The van der Waals surface area contributed by atoms with Crippen LogP contribution >= 0.6 is 46.4 Å². The smallest absolute Gasteiger partial charge is 0.238 e. The van der Waals surface area contributed by atoms with Gasteiger partial charge >= 0.3 is 0 Å². The fraction of sp³-hybridized carbons (Fsp3) is 0.231. The fourth-order valence-electron chi connectivity index (χ4n) is 9.28. The van der Waals surface area contributed by atoms with Gasteiger partial charge in [-0.05, 0) is 65.1 Å². The van der Waals surface area contributed by atoms with E-state index in [-0.39, 0.29) is 20.1 Å². The first-order valence-corrected chi connectivity index (χ1v) is 17.6. The van der Waals surface area contributed by atoms with Crippen molar-refractivity contribution in [1.82, 2.24) is 0 Å². The summed E-state index contributed by atoms with van der Waals surface area (Å²) < 4.78 is 0. The molecular formula is C39H28Cl4N2O4. The average Bonchev–Trinajstić information content (AvgIpc) is 3.54. The third kappa shape index (κ3) is 4.47. The molecule has 0 radical (unpaired) electrons. The van der Waals surface area contributed by atoms with Crippen LogP contribution in [0, 0.1) is 35.0 Å². The Labute approximate surface area is 303 Å². The van der Waals surface area contributed by atoms with E-state index in [1.165, 1.54) is 21.9 Å². The summed E-state index contributed by atoms with van der Waals surface area (Å²) in [4.78, 5) is 62.2. The van der Waals surface area contributed by atoms with Gasteiger partial charge in [0.25, 0.3) is 0 Å². The molecule has 0 spiro atoms. The molecule has 2 saturated heterocycles. The minimum atomic E-state index is -1.22. The molecule has 49 heavy (non-hydrogen) atoms. The lowest BCUT2D eigenvalue weighted by atomic mass is 9.40. The number of hydrogen-bond acceptors (Lipinski definition) is 4. The molecule has 4 aromatic carbocycles. The third-order valence-electron chi connectivity index (χ3n) is 10.8. The summed E-state index contributed by atoms with van der Waals surface area (Å²) in [6, 6.07) is 28.8. The van der Waals surface area contributed by atoms with Crippen LogP contribution in [0.15, 0.2) is 97.1 Å². The summed E-state index contributed by atoms with van der Waals surface area (Å²) in [5.74, 6) is -6.15. The van der Waals surface area contributed by atoms with Gasteiger partial charge in [0.15, 0.2) is 0 Å². The lowest BCUT2D eigenvalue weighted by Gasteiger charge is -2.59. The van der Waals surface area contributed by atoms with Gasteiger partial charge in [0.1, 0.15) is 0 Å². The second-order valence-corrected chi connectivity index (χ2v) is 14.7. The summed E-state index contributed by atoms with van der Waals surface area (Å²) in [6.45, 7) is 2.00. The highest BCUT2D eigenvalue weighted by molar-refractivity contribution is 6.43. The lowest BCUT2D eigenvalue weighted by molar-refractivity contribution is -0.145. The Hall–Kier alpha value is -3.94. The molecule has 0 N–H and O–H groups in total. The average molecular weight is 730 g/mol. The Morgan fingerprint density at radius 1 is 0.551 bits per heavy atom. The molecule has 3 fully saturated rings. The zero-order chi connectivity index (χ0) is 34.4. The van der Waals surface area contributed by atoms with Crippen LogP contribution in [-0.4, -0.2) is 23.6 Å². The Bertz CT molecular complexity index is 2020. The topological polar surface area (TPSA) is 74.8 Å². The fourth-order valence-corrected chi connectivity index (χ4v) is 9.87. The van der Waals surface area contributed by atoms with E-state index in [4.69, 9.17) is 46.4 Å². The molecule has 0 aromatic heterocycles. The summed E-state index contributed by atoms with van der Waals surface area (Å²) in [5.41, 5.74) is 2.71. The molecule has 9 rings (SSSR count). The minimum Gasteiger partial charge on any atom is -0.274 e. The highest BCUT2D eigenvalue weighted by Gasteiger charge is 2.77. The Morgan fingerprint density at radius 3 is 1.43 bits per heavy atom. The molecule has 4 amide bonds. The maximum Gasteiger partial charge on any atom is 0.238 e. The largest absolute Gasteiger partial charge is 0.274 e. The number of hydrogen-bond donors (Lipinski definition) is 0. The molecule has 10 heteroatoms.